The maximum Gasteiger partial charge on any atom is 0.379 e. The summed E-state index contributed by atoms with van der Waals surface area (Å²) in [6.45, 7) is 1.15. The maximum atomic E-state index is 13.6. The molecule has 0 heterocycles. The topological polar surface area (TPSA) is 52.3 Å². The number of carbonyl (C=O) groups excluding carboxylic acids is 1. The minimum atomic E-state index is -4.03. The van der Waals surface area contributed by atoms with Gasteiger partial charge in [0, 0.05) is 5.56 Å². The van der Waals surface area contributed by atoms with E-state index >= 15 is 0 Å². The molecule has 0 aliphatic heterocycles. The lowest BCUT2D eigenvalue weighted by atomic mass is 10.0. The molecule has 2 N–H and O–H groups in total. The largest absolute Gasteiger partial charge is 0.462 e. The van der Waals surface area contributed by atoms with E-state index < -0.39 is 29.3 Å². The van der Waals surface area contributed by atoms with Crippen LogP contribution in [0.5, 0.6) is 0 Å². The first kappa shape index (κ1) is 18.0. The fourth-order valence-corrected chi connectivity index (χ4v) is 1.49. The van der Waals surface area contributed by atoms with Gasteiger partial charge in [0.1, 0.15) is 11.9 Å². The van der Waals surface area contributed by atoms with Crippen molar-refractivity contribution in [2.75, 3.05) is 6.61 Å². The molecule has 8 heteroatoms. The van der Waals surface area contributed by atoms with Crippen molar-refractivity contribution in [3.63, 3.8) is 0 Å². The molecule has 0 radical (unpaired) electrons. The van der Waals surface area contributed by atoms with Crippen molar-refractivity contribution in [3.05, 3.63) is 34.6 Å². The molecular formula is C11H12Cl2F3NO2. The van der Waals surface area contributed by atoms with Gasteiger partial charge in [-0.15, -0.1) is 12.4 Å². The van der Waals surface area contributed by atoms with E-state index in [2.05, 4.69) is 4.74 Å². The summed E-state index contributed by atoms with van der Waals surface area (Å²) in [4.78, 5) is 11.1. The normalized spacial score (nSPS) is 12.5. The van der Waals surface area contributed by atoms with Gasteiger partial charge >= 0.3 is 11.9 Å². The summed E-state index contributed by atoms with van der Waals surface area (Å²) >= 11 is 5.46. The summed E-state index contributed by atoms with van der Waals surface area (Å²) in [6, 6.07) is 1.34. The standard InChI is InChI=1S/C11H11ClF3NO2.ClH/c1-2-18-10(17)11(14,15)9(16)6-4-3-5-7(12)8(6)13;/h3-5,9H,2,16H2,1H3;1H/t9-;/m1./s1. The van der Waals surface area contributed by atoms with Crippen molar-refractivity contribution in [1.82, 2.24) is 0 Å². The van der Waals surface area contributed by atoms with Crippen LogP contribution in [0.4, 0.5) is 13.2 Å². The van der Waals surface area contributed by atoms with Crippen LogP contribution in [0, 0.1) is 5.82 Å². The van der Waals surface area contributed by atoms with Crippen LogP contribution in [-0.4, -0.2) is 18.5 Å². The molecule has 1 aromatic carbocycles. The summed E-state index contributed by atoms with van der Waals surface area (Å²) in [5.74, 6) is -6.89. The molecule has 0 saturated carbocycles. The molecule has 0 fully saturated rings. The molecule has 0 aliphatic carbocycles. The second-order valence-corrected chi connectivity index (χ2v) is 3.87. The van der Waals surface area contributed by atoms with Gasteiger partial charge in [-0.2, -0.15) is 8.78 Å². The number of nitrogens with two attached hydrogens (primary N) is 1. The van der Waals surface area contributed by atoms with Crippen molar-refractivity contribution in [1.29, 1.82) is 0 Å². The van der Waals surface area contributed by atoms with E-state index in [-0.39, 0.29) is 24.0 Å². The Balaban J connectivity index is 0.00000324. The summed E-state index contributed by atoms with van der Waals surface area (Å²) in [7, 11) is 0. The number of ether oxygens (including phenoxy) is 1. The lowest BCUT2D eigenvalue weighted by Gasteiger charge is -2.22. The third-order valence-corrected chi connectivity index (χ3v) is 2.55. The van der Waals surface area contributed by atoms with Crippen LogP contribution in [0.15, 0.2) is 18.2 Å². The lowest BCUT2D eigenvalue weighted by Crippen LogP contribution is -2.42. The van der Waals surface area contributed by atoms with Gasteiger partial charge in [-0.3, -0.25) is 0 Å². The number of esters is 1. The number of benzene rings is 1. The number of hydrogen-bond acceptors (Lipinski definition) is 3. The average Bonchev–Trinajstić information content (AvgIpc) is 2.32. The summed E-state index contributed by atoms with van der Waals surface area (Å²) < 4.78 is 44.9. The van der Waals surface area contributed by atoms with Crippen molar-refractivity contribution < 1.29 is 22.7 Å². The molecular weight excluding hydrogens is 306 g/mol. The molecule has 0 aromatic heterocycles. The zero-order valence-electron chi connectivity index (χ0n) is 9.83. The van der Waals surface area contributed by atoms with Crippen LogP contribution in [0.2, 0.25) is 5.02 Å². The van der Waals surface area contributed by atoms with E-state index in [1.807, 2.05) is 0 Å². The molecule has 0 saturated heterocycles. The van der Waals surface area contributed by atoms with E-state index in [1.54, 1.807) is 0 Å². The Morgan fingerprint density at radius 3 is 2.63 bits per heavy atom. The molecule has 0 aliphatic rings. The average molecular weight is 318 g/mol. The third-order valence-electron chi connectivity index (χ3n) is 2.25. The smallest absolute Gasteiger partial charge is 0.379 e. The van der Waals surface area contributed by atoms with Crippen LogP contribution >= 0.6 is 24.0 Å². The van der Waals surface area contributed by atoms with Gasteiger partial charge in [0.05, 0.1) is 11.6 Å². The lowest BCUT2D eigenvalue weighted by molar-refractivity contribution is -0.174. The molecule has 1 aromatic rings. The van der Waals surface area contributed by atoms with Crippen molar-refractivity contribution in [2.45, 2.75) is 18.9 Å². The van der Waals surface area contributed by atoms with Crippen LogP contribution in [-0.2, 0) is 9.53 Å². The highest BCUT2D eigenvalue weighted by molar-refractivity contribution is 6.30. The molecule has 0 bridgehead atoms. The Morgan fingerprint density at radius 2 is 2.11 bits per heavy atom. The van der Waals surface area contributed by atoms with Crippen molar-refractivity contribution >= 4 is 30.0 Å². The first-order chi connectivity index (χ1) is 8.32. The van der Waals surface area contributed by atoms with Crippen molar-refractivity contribution in [3.8, 4) is 0 Å². The highest BCUT2D eigenvalue weighted by atomic mass is 35.5. The van der Waals surface area contributed by atoms with Crippen LogP contribution in [0.25, 0.3) is 0 Å². The van der Waals surface area contributed by atoms with Gasteiger partial charge < -0.3 is 10.5 Å². The number of rotatable bonds is 4. The van der Waals surface area contributed by atoms with Gasteiger partial charge in [0.25, 0.3) is 0 Å². The number of carbonyl (C=O) groups is 1. The van der Waals surface area contributed by atoms with Gasteiger partial charge in [0.15, 0.2) is 0 Å². The van der Waals surface area contributed by atoms with E-state index in [9.17, 15) is 18.0 Å². The van der Waals surface area contributed by atoms with Gasteiger partial charge in [-0.25, -0.2) is 9.18 Å². The zero-order chi connectivity index (χ0) is 13.9. The molecule has 0 spiro atoms. The Hall–Kier alpha value is -0.980. The molecule has 19 heavy (non-hydrogen) atoms. The second-order valence-electron chi connectivity index (χ2n) is 3.46. The quantitative estimate of drug-likeness (QED) is 0.868. The Bertz CT molecular complexity index is 458. The van der Waals surface area contributed by atoms with Gasteiger partial charge in [0.2, 0.25) is 0 Å². The fraction of sp³-hybridized carbons (Fsp3) is 0.364. The van der Waals surface area contributed by atoms with Crippen LogP contribution in [0.3, 0.4) is 0 Å². The minimum absolute atomic E-state index is 0. The number of hydrogen-bond donors (Lipinski definition) is 1. The SMILES string of the molecule is CCOC(=O)C(F)(F)[C@H](N)c1cccc(Cl)c1F.Cl. The highest BCUT2D eigenvalue weighted by Crippen LogP contribution is 2.33. The van der Waals surface area contributed by atoms with Crippen molar-refractivity contribution in [2.24, 2.45) is 5.73 Å². The van der Waals surface area contributed by atoms with Gasteiger partial charge in [-0.1, -0.05) is 23.7 Å². The molecule has 0 amide bonds. The summed E-state index contributed by atoms with van der Waals surface area (Å²) in [5.41, 5.74) is 4.68. The van der Waals surface area contributed by atoms with E-state index in [1.165, 1.54) is 19.1 Å². The monoisotopic (exact) mass is 317 g/mol. The molecule has 1 atom stereocenters. The number of alkyl halides is 2. The molecule has 108 valence electrons. The van der Waals surface area contributed by atoms with E-state index in [0.717, 1.165) is 6.07 Å². The number of halogens is 5. The van der Waals surface area contributed by atoms with E-state index in [0.29, 0.717) is 0 Å². The summed E-state index contributed by atoms with van der Waals surface area (Å²) in [5, 5.41) is -0.345. The van der Waals surface area contributed by atoms with Crippen LogP contribution < -0.4 is 5.73 Å². The first-order valence-electron chi connectivity index (χ1n) is 5.06. The Morgan fingerprint density at radius 1 is 1.53 bits per heavy atom. The van der Waals surface area contributed by atoms with Crippen LogP contribution in [0.1, 0.15) is 18.5 Å². The Labute approximate surface area is 119 Å². The zero-order valence-corrected chi connectivity index (χ0v) is 11.4. The minimum Gasteiger partial charge on any atom is -0.462 e. The van der Waals surface area contributed by atoms with Gasteiger partial charge in [-0.05, 0) is 13.0 Å². The van der Waals surface area contributed by atoms with E-state index in [4.69, 9.17) is 17.3 Å². The maximum absolute atomic E-state index is 13.6. The fourth-order valence-electron chi connectivity index (χ4n) is 1.31. The first-order valence-corrected chi connectivity index (χ1v) is 5.44. The predicted molar refractivity (Wildman–Crippen MR) is 67.2 cm³/mol. The highest BCUT2D eigenvalue weighted by Gasteiger charge is 2.48. The molecule has 0 unspecified atom stereocenters. The Kier molecular flexibility index (Phi) is 6.62. The molecule has 1 rings (SSSR count). The third kappa shape index (κ3) is 3.75. The predicted octanol–water partition coefficient (Wildman–Crippen LogP) is 3.10. The second kappa shape index (κ2) is 6.98. The summed E-state index contributed by atoms with van der Waals surface area (Å²) in [6.07, 6.45) is 0. The molecule has 3 nitrogen and oxygen atoms in total.